The highest BCUT2D eigenvalue weighted by Gasteiger charge is 2.29. The molecule has 1 atom stereocenters. The van der Waals surface area contributed by atoms with Crippen LogP contribution in [0.5, 0.6) is 0 Å². The van der Waals surface area contributed by atoms with Crippen molar-refractivity contribution in [2.24, 2.45) is 0 Å². The van der Waals surface area contributed by atoms with Gasteiger partial charge in [-0.3, -0.25) is 0 Å². The van der Waals surface area contributed by atoms with Crippen molar-refractivity contribution in [1.82, 2.24) is 15.5 Å². The summed E-state index contributed by atoms with van der Waals surface area (Å²) >= 11 is 0. The lowest BCUT2D eigenvalue weighted by Gasteiger charge is -2.13. The first-order chi connectivity index (χ1) is 13.6. The van der Waals surface area contributed by atoms with Gasteiger partial charge in [-0.15, -0.1) is 0 Å². The van der Waals surface area contributed by atoms with E-state index < -0.39 is 6.04 Å². The smallest absolute Gasteiger partial charge is 0.338 e. The summed E-state index contributed by atoms with van der Waals surface area (Å²) in [6.45, 7) is 1.78. The van der Waals surface area contributed by atoms with E-state index >= 15 is 0 Å². The van der Waals surface area contributed by atoms with Gasteiger partial charge in [-0.25, -0.2) is 9.59 Å². The third-order valence-corrected chi connectivity index (χ3v) is 5.07. The number of esters is 1. The Hall–Kier alpha value is -2.90. The lowest BCUT2D eigenvalue weighted by molar-refractivity contribution is 0.0318. The number of carbonyl (C=O) groups is 2. The summed E-state index contributed by atoms with van der Waals surface area (Å²) < 4.78 is 10.7. The number of nitrogens with zero attached hydrogens (tertiary/aromatic N) is 2. The molecule has 2 amide bonds. The fraction of sp³-hybridized carbons (Fsp3) is 0.500. The number of ether oxygens (including phenoxy) is 1. The van der Waals surface area contributed by atoms with Crippen LogP contribution < -0.4 is 10.6 Å². The quantitative estimate of drug-likeness (QED) is 0.731. The normalized spacial score (nSPS) is 17.9. The van der Waals surface area contributed by atoms with Crippen LogP contribution in [0, 0.1) is 0 Å². The van der Waals surface area contributed by atoms with Crippen LogP contribution in [-0.2, 0) is 4.74 Å². The van der Waals surface area contributed by atoms with Gasteiger partial charge in [0.15, 0.2) is 5.82 Å². The maximum absolute atomic E-state index is 12.2. The van der Waals surface area contributed by atoms with Gasteiger partial charge in [0.2, 0.25) is 5.89 Å². The molecule has 2 aromatic rings. The van der Waals surface area contributed by atoms with Gasteiger partial charge >= 0.3 is 12.0 Å². The van der Waals surface area contributed by atoms with Crippen molar-refractivity contribution in [2.45, 2.75) is 63.5 Å². The van der Waals surface area contributed by atoms with Crippen LogP contribution in [0.2, 0.25) is 0 Å². The fourth-order valence-electron chi connectivity index (χ4n) is 3.27. The van der Waals surface area contributed by atoms with Crippen molar-refractivity contribution in [2.75, 3.05) is 5.32 Å². The van der Waals surface area contributed by atoms with E-state index in [9.17, 15) is 9.59 Å². The summed E-state index contributed by atoms with van der Waals surface area (Å²) in [5.74, 6) is 1.18. The molecule has 148 valence electrons. The lowest BCUT2D eigenvalue weighted by Crippen LogP contribution is -2.31. The molecule has 0 aliphatic heterocycles. The van der Waals surface area contributed by atoms with Gasteiger partial charge in [0.25, 0.3) is 0 Å². The van der Waals surface area contributed by atoms with Gasteiger partial charge in [-0.1, -0.05) is 5.16 Å². The number of anilines is 1. The largest absolute Gasteiger partial charge is 0.459 e. The summed E-state index contributed by atoms with van der Waals surface area (Å²) in [5, 5.41) is 9.45. The Morgan fingerprint density at radius 3 is 2.54 bits per heavy atom. The minimum Gasteiger partial charge on any atom is -0.459 e. The van der Waals surface area contributed by atoms with Gasteiger partial charge in [0.1, 0.15) is 12.1 Å². The number of carbonyl (C=O) groups excluding carboxylic acids is 2. The van der Waals surface area contributed by atoms with E-state index in [0.717, 1.165) is 38.5 Å². The van der Waals surface area contributed by atoms with E-state index in [1.807, 2.05) is 0 Å². The maximum atomic E-state index is 12.2. The second-order valence-electron chi connectivity index (χ2n) is 7.47. The van der Waals surface area contributed by atoms with Crippen LogP contribution in [0.15, 0.2) is 28.8 Å². The number of urea groups is 1. The van der Waals surface area contributed by atoms with Gasteiger partial charge in [0, 0.05) is 11.6 Å². The van der Waals surface area contributed by atoms with Crippen LogP contribution >= 0.6 is 0 Å². The second-order valence-corrected chi connectivity index (χ2v) is 7.47. The van der Waals surface area contributed by atoms with Crippen LogP contribution in [0.3, 0.4) is 0 Å². The molecule has 28 heavy (non-hydrogen) atoms. The van der Waals surface area contributed by atoms with Gasteiger partial charge in [-0.2, -0.15) is 4.98 Å². The molecule has 2 N–H and O–H groups in total. The molecule has 8 heteroatoms. The zero-order valence-electron chi connectivity index (χ0n) is 15.8. The van der Waals surface area contributed by atoms with Crippen LogP contribution in [0.1, 0.15) is 79.5 Å². The highest BCUT2D eigenvalue weighted by Crippen LogP contribution is 2.38. The molecule has 1 aromatic carbocycles. The third-order valence-electron chi connectivity index (χ3n) is 5.07. The van der Waals surface area contributed by atoms with Crippen LogP contribution in [-0.4, -0.2) is 28.2 Å². The molecule has 1 heterocycles. The Kier molecular flexibility index (Phi) is 5.27. The molecular formula is C20H24N4O4. The molecule has 8 nitrogen and oxygen atoms in total. The molecule has 4 rings (SSSR count). The average Bonchev–Trinajstić information content (AvgIpc) is 3.18. The van der Waals surface area contributed by atoms with Gasteiger partial charge in [-0.05, 0) is 69.7 Å². The minimum absolute atomic E-state index is 0.0303. The molecule has 2 aliphatic carbocycles. The zero-order chi connectivity index (χ0) is 19.5. The number of rotatable bonds is 6. The SMILES string of the molecule is CC(NC(=O)Nc1ccc(C(=O)OC2CCCC2)cc1)c1nc(C2CC2)no1. The lowest BCUT2D eigenvalue weighted by atomic mass is 10.2. The molecule has 1 aromatic heterocycles. The van der Waals surface area contributed by atoms with E-state index in [2.05, 4.69) is 20.8 Å². The number of benzene rings is 1. The molecule has 1 unspecified atom stereocenters. The molecule has 2 aliphatic rings. The van der Waals surface area contributed by atoms with Crippen LogP contribution in [0.25, 0.3) is 0 Å². The topological polar surface area (TPSA) is 106 Å². The van der Waals surface area contributed by atoms with Crippen molar-refractivity contribution in [3.8, 4) is 0 Å². The summed E-state index contributed by atoms with van der Waals surface area (Å²) in [4.78, 5) is 28.7. The number of nitrogens with one attached hydrogen (secondary N) is 2. The molecule has 2 saturated carbocycles. The predicted octanol–water partition coefficient (Wildman–Crippen LogP) is 3.93. The Balaban J connectivity index is 1.28. The fourth-order valence-corrected chi connectivity index (χ4v) is 3.27. The number of amides is 2. The van der Waals surface area contributed by atoms with Gasteiger partial charge < -0.3 is 19.9 Å². The first-order valence-electron chi connectivity index (χ1n) is 9.80. The van der Waals surface area contributed by atoms with E-state index in [4.69, 9.17) is 9.26 Å². The number of hydrogen-bond acceptors (Lipinski definition) is 6. The Labute approximate surface area is 163 Å². The Bertz CT molecular complexity index is 838. The number of aromatic nitrogens is 2. The summed E-state index contributed by atoms with van der Waals surface area (Å²) in [5.41, 5.74) is 1.05. The van der Waals surface area contributed by atoms with E-state index in [1.54, 1.807) is 31.2 Å². The molecule has 2 fully saturated rings. The van der Waals surface area contributed by atoms with E-state index in [1.165, 1.54) is 0 Å². The molecule has 0 saturated heterocycles. The van der Waals surface area contributed by atoms with Crippen molar-refractivity contribution in [3.63, 3.8) is 0 Å². The third kappa shape index (κ3) is 4.49. The molecular weight excluding hydrogens is 360 g/mol. The molecule has 0 radical (unpaired) electrons. The highest BCUT2D eigenvalue weighted by molar-refractivity contribution is 5.92. The van der Waals surface area contributed by atoms with E-state index in [-0.39, 0.29) is 18.1 Å². The second kappa shape index (κ2) is 8.00. The Morgan fingerprint density at radius 1 is 1.14 bits per heavy atom. The Morgan fingerprint density at radius 2 is 1.86 bits per heavy atom. The molecule has 0 bridgehead atoms. The van der Waals surface area contributed by atoms with Gasteiger partial charge in [0.05, 0.1) is 5.56 Å². The van der Waals surface area contributed by atoms with Crippen molar-refractivity contribution < 1.29 is 18.8 Å². The minimum atomic E-state index is -0.402. The first-order valence-corrected chi connectivity index (χ1v) is 9.80. The van der Waals surface area contributed by atoms with Crippen molar-refractivity contribution >= 4 is 17.7 Å². The maximum Gasteiger partial charge on any atom is 0.338 e. The van der Waals surface area contributed by atoms with Crippen LogP contribution in [0.4, 0.5) is 10.5 Å². The zero-order valence-corrected chi connectivity index (χ0v) is 15.8. The standard InChI is InChI=1S/C20H24N4O4/c1-12(18-23-17(24-28-18)13-6-7-13)21-20(26)22-15-10-8-14(9-11-15)19(25)27-16-4-2-3-5-16/h8-13,16H,2-7H2,1H3,(H2,21,22,26). The predicted molar refractivity (Wildman–Crippen MR) is 101 cm³/mol. The highest BCUT2D eigenvalue weighted by atomic mass is 16.5. The summed E-state index contributed by atoms with van der Waals surface area (Å²) in [7, 11) is 0. The molecule has 0 spiro atoms. The van der Waals surface area contributed by atoms with Crippen molar-refractivity contribution in [3.05, 3.63) is 41.5 Å². The summed E-state index contributed by atoms with van der Waals surface area (Å²) in [6.07, 6.45) is 6.30. The number of hydrogen-bond donors (Lipinski definition) is 2. The first kappa shape index (κ1) is 18.5. The summed E-state index contributed by atoms with van der Waals surface area (Å²) in [6, 6.07) is 5.85. The van der Waals surface area contributed by atoms with E-state index in [0.29, 0.717) is 28.9 Å². The average molecular weight is 384 g/mol. The van der Waals surface area contributed by atoms with Crippen molar-refractivity contribution in [1.29, 1.82) is 0 Å². The monoisotopic (exact) mass is 384 g/mol.